The maximum atomic E-state index is 13.9. The molecule has 0 aliphatic heterocycles. The lowest BCUT2D eigenvalue weighted by molar-refractivity contribution is -0.141. The van der Waals surface area contributed by atoms with Crippen molar-refractivity contribution < 1.29 is 9.59 Å². The van der Waals surface area contributed by atoms with Crippen LogP contribution in [0.5, 0.6) is 0 Å². The molecule has 6 heteroatoms. The summed E-state index contributed by atoms with van der Waals surface area (Å²) in [4.78, 5) is 28.5. The van der Waals surface area contributed by atoms with Gasteiger partial charge in [0.2, 0.25) is 11.8 Å². The van der Waals surface area contributed by atoms with Gasteiger partial charge >= 0.3 is 0 Å². The van der Waals surface area contributed by atoms with Gasteiger partial charge < -0.3 is 10.2 Å². The van der Waals surface area contributed by atoms with Gasteiger partial charge in [-0.2, -0.15) is 0 Å². The first kappa shape index (κ1) is 26.8. The average Bonchev–Trinajstić information content (AvgIpc) is 2.87. The standard InChI is InChI=1S/C29H32Cl2N2O2/c1-4-20(2)32-29(35)21(3)33(19-25-26(30)16-11-17-27(25)31)28(34)18-24(22-12-7-5-8-13-22)23-14-9-6-10-15-23/h5-17,20-21,24H,4,18-19H2,1-3H3,(H,32,35)/t20-,21+/m0/s1. The van der Waals surface area contributed by atoms with Crippen molar-refractivity contribution in [2.45, 2.75) is 58.2 Å². The van der Waals surface area contributed by atoms with Crippen LogP contribution in [0.3, 0.4) is 0 Å². The predicted octanol–water partition coefficient (Wildman–Crippen LogP) is 6.85. The third-order valence-electron chi connectivity index (χ3n) is 6.34. The molecule has 35 heavy (non-hydrogen) atoms. The number of nitrogens with one attached hydrogen (secondary N) is 1. The lowest BCUT2D eigenvalue weighted by Crippen LogP contribution is -2.49. The number of hydrogen-bond acceptors (Lipinski definition) is 2. The molecule has 0 aromatic heterocycles. The quantitative estimate of drug-likeness (QED) is 0.324. The first-order valence-electron chi connectivity index (χ1n) is 11.9. The second-order valence-corrected chi connectivity index (χ2v) is 9.61. The minimum atomic E-state index is -0.698. The van der Waals surface area contributed by atoms with Crippen LogP contribution >= 0.6 is 23.2 Å². The molecule has 0 bridgehead atoms. The number of carbonyl (C=O) groups excluding carboxylic acids is 2. The summed E-state index contributed by atoms with van der Waals surface area (Å²) in [5, 5.41) is 3.93. The lowest BCUT2D eigenvalue weighted by Gasteiger charge is -2.31. The predicted molar refractivity (Wildman–Crippen MR) is 144 cm³/mol. The Balaban J connectivity index is 1.96. The number of halogens is 2. The number of carbonyl (C=O) groups is 2. The Morgan fingerprint density at radius 2 is 1.34 bits per heavy atom. The van der Waals surface area contributed by atoms with Crippen LogP contribution in [0, 0.1) is 0 Å². The Labute approximate surface area is 218 Å². The summed E-state index contributed by atoms with van der Waals surface area (Å²) in [5.41, 5.74) is 2.71. The van der Waals surface area contributed by atoms with E-state index in [4.69, 9.17) is 23.2 Å². The highest BCUT2D eigenvalue weighted by Crippen LogP contribution is 2.31. The number of benzene rings is 3. The first-order chi connectivity index (χ1) is 16.8. The third kappa shape index (κ3) is 7.09. The number of rotatable bonds is 10. The molecule has 0 spiro atoms. The van der Waals surface area contributed by atoms with E-state index in [0.29, 0.717) is 15.6 Å². The van der Waals surface area contributed by atoms with Crippen LogP contribution in [0.4, 0.5) is 0 Å². The van der Waals surface area contributed by atoms with Crippen LogP contribution in [-0.2, 0) is 16.1 Å². The fraction of sp³-hybridized carbons (Fsp3) is 0.310. The molecule has 1 N–H and O–H groups in total. The van der Waals surface area contributed by atoms with Gasteiger partial charge in [0.05, 0.1) is 0 Å². The van der Waals surface area contributed by atoms with Crippen molar-refractivity contribution in [2.24, 2.45) is 0 Å². The maximum absolute atomic E-state index is 13.9. The number of amides is 2. The third-order valence-corrected chi connectivity index (χ3v) is 7.05. The van der Waals surface area contributed by atoms with Gasteiger partial charge in [-0.15, -0.1) is 0 Å². The molecule has 0 saturated heterocycles. The van der Waals surface area contributed by atoms with Gasteiger partial charge in [-0.1, -0.05) is 96.9 Å². The molecule has 3 aromatic carbocycles. The van der Waals surface area contributed by atoms with E-state index in [0.717, 1.165) is 17.5 Å². The summed E-state index contributed by atoms with van der Waals surface area (Å²) < 4.78 is 0. The summed E-state index contributed by atoms with van der Waals surface area (Å²) in [7, 11) is 0. The molecule has 0 radical (unpaired) electrons. The zero-order chi connectivity index (χ0) is 25.4. The van der Waals surface area contributed by atoms with E-state index in [2.05, 4.69) is 5.32 Å². The number of hydrogen-bond donors (Lipinski definition) is 1. The van der Waals surface area contributed by atoms with E-state index in [-0.39, 0.29) is 36.7 Å². The van der Waals surface area contributed by atoms with Crippen molar-refractivity contribution in [3.05, 3.63) is 106 Å². The Kier molecular flexibility index (Phi) is 9.76. The highest BCUT2D eigenvalue weighted by molar-refractivity contribution is 6.36. The minimum absolute atomic E-state index is 0.00666. The van der Waals surface area contributed by atoms with Gasteiger partial charge in [0.25, 0.3) is 0 Å². The number of nitrogens with zero attached hydrogens (tertiary/aromatic N) is 1. The highest BCUT2D eigenvalue weighted by atomic mass is 35.5. The summed E-state index contributed by atoms with van der Waals surface area (Å²) >= 11 is 12.9. The van der Waals surface area contributed by atoms with Gasteiger partial charge in [-0.25, -0.2) is 0 Å². The smallest absolute Gasteiger partial charge is 0.242 e. The monoisotopic (exact) mass is 510 g/mol. The molecule has 184 valence electrons. The zero-order valence-electron chi connectivity index (χ0n) is 20.4. The molecule has 0 aliphatic rings. The Bertz CT molecular complexity index is 1060. The summed E-state index contributed by atoms with van der Waals surface area (Å²) in [6.45, 7) is 5.85. The van der Waals surface area contributed by atoms with Crippen LogP contribution < -0.4 is 5.32 Å². The topological polar surface area (TPSA) is 49.4 Å². The van der Waals surface area contributed by atoms with Crippen LogP contribution in [0.15, 0.2) is 78.9 Å². The summed E-state index contributed by atoms with van der Waals surface area (Å²) in [6, 6.07) is 24.5. The summed E-state index contributed by atoms with van der Waals surface area (Å²) in [5.74, 6) is -0.503. The van der Waals surface area contributed by atoms with E-state index >= 15 is 0 Å². The molecule has 0 heterocycles. The van der Waals surface area contributed by atoms with E-state index in [1.165, 1.54) is 0 Å². The molecule has 2 amide bonds. The van der Waals surface area contributed by atoms with Crippen LogP contribution in [0.2, 0.25) is 10.0 Å². The van der Waals surface area contributed by atoms with E-state index in [9.17, 15) is 9.59 Å². The van der Waals surface area contributed by atoms with Gasteiger partial charge in [-0.05, 0) is 43.5 Å². The molecule has 2 atom stereocenters. The normalized spacial score (nSPS) is 12.7. The largest absolute Gasteiger partial charge is 0.352 e. The molecule has 0 saturated carbocycles. The Morgan fingerprint density at radius 3 is 1.83 bits per heavy atom. The average molecular weight is 511 g/mol. The summed E-state index contributed by atoms with van der Waals surface area (Å²) in [6.07, 6.45) is 1.00. The van der Waals surface area contributed by atoms with Gasteiger partial charge in [0, 0.05) is 40.5 Å². The van der Waals surface area contributed by atoms with Gasteiger partial charge in [0.1, 0.15) is 6.04 Å². The fourth-order valence-electron chi connectivity index (χ4n) is 3.99. The van der Waals surface area contributed by atoms with Crippen LogP contribution in [0.25, 0.3) is 0 Å². The Hall–Kier alpha value is -2.82. The second-order valence-electron chi connectivity index (χ2n) is 8.79. The molecular weight excluding hydrogens is 479 g/mol. The molecule has 4 nitrogen and oxygen atoms in total. The van der Waals surface area contributed by atoms with Crippen molar-refractivity contribution >= 4 is 35.0 Å². The maximum Gasteiger partial charge on any atom is 0.242 e. The van der Waals surface area contributed by atoms with E-state index in [1.807, 2.05) is 74.5 Å². The second kappa shape index (κ2) is 12.8. The SMILES string of the molecule is CC[C@H](C)NC(=O)[C@@H](C)N(Cc1c(Cl)cccc1Cl)C(=O)CC(c1ccccc1)c1ccccc1. The van der Waals surface area contributed by atoms with Gasteiger partial charge in [0.15, 0.2) is 0 Å². The molecule has 0 unspecified atom stereocenters. The highest BCUT2D eigenvalue weighted by Gasteiger charge is 2.30. The zero-order valence-corrected chi connectivity index (χ0v) is 21.9. The van der Waals surface area contributed by atoms with Crippen LogP contribution in [-0.4, -0.2) is 28.8 Å². The van der Waals surface area contributed by atoms with Crippen molar-refractivity contribution in [3.8, 4) is 0 Å². The van der Waals surface area contributed by atoms with Crippen molar-refractivity contribution in [1.82, 2.24) is 10.2 Å². The molecule has 3 rings (SSSR count). The van der Waals surface area contributed by atoms with Crippen molar-refractivity contribution in [3.63, 3.8) is 0 Å². The van der Waals surface area contributed by atoms with E-state index in [1.54, 1.807) is 30.0 Å². The first-order valence-corrected chi connectivity index (χ1v) is 12.7. The Morgan fingerprint density at radius 1 is 0.829 bits per heavy atom. The van der Waals surface area contributed by atoms with Crippen LogP contribution in [0.1, 0.15) is 56.2 Å². The molecular formula is C29H32Cl2N2O2. The molecule has 0 fully saturated rings. The van der Waals surface area contributed by atoms with Crippen molar-refractivity contribution in [1.29, 1.82) is 0 Å². The minimum Gasteiger partial charge on any atom is -0.352 e. The van der Waals surface area contributed by atoms with Gasteiger partial charge in [-0.3, -0.25) is 9.59 Å². The lowest BCUT2D eigenvalue weighted by atomic mass is 9.88. The van der Waals surface area contributed by atoms with E-state index < -0.39 is 6.04 Å². The fourth-order valence-corrected chi connectivity index (χ4v) is 4.51. The molecule has 0 aliphatic carbocycles. The molecule has 3 aromatic rings. The van der Waals surface area contributed by atoms with Crippen molar-refractivity contribution in [2.75, 3.05) is 0 Å².